The Morgan fingerprint density at radius 1 is 0.914 bits per heavy atom. The van der Waals surface area contributed by atoms with Crippen molar-refractivity contribution in [1.82, 2.24) is 31.7 Å². The first kappa shape index (κ1) is 26.8. The molecule has 1 aromatic heterocycles. The van der Waals surface area contributed by atoms with Crippen LogP contribution in [0.5, 0.6) is 0 Å². The van der Waals surface area contributed by atoms with Crippen molar-refractivity contribution in [2.24, 2.45) is 0 Å². The average Bonchev–Trinajstić information content (AvgIpc) is 2.88. The van der Waals surface area contributed by atoms with Crippen molar-refractivity contribution in [2.75, 3.05) is 25.4 Å². The van der Waals surface area contributed by atoms with Gasteiger partial charge in [-0.2, -0.15) is 0 Å². The number of hydrogen-bond acceptors (Lipinski definition) is 8. The van der Waals surface area contributed by atoms with Crippen LogP contribution in [0, 0.1) is 0 Å². The number of carbonyl (C=O) groups excluding carboxylic acids is 1. The smallest absolute Gasteiger partial charge is 0.253 e. The molecule has 9 heteroatoms. The van der Waals surface area contributed by atoms with E-state index in [4.69, 9.17) is 9.82 Å². The molecule has 0 aromatic carbocycles. The lowest BCUT2D eigenvalue weighted by molar-refractivity contribution is -0.130. The van der Waals surface area contributed by atoms with Crippen LogP contribution in [-0.4, -0.2) is 60.5 Å². The van der Waals surface area contributed by atoms with Gasteiger partial charge in [0.25, 0.3) is 5.91 Å². The molecule has 2 saturated carbocycles. The zero-order valence-corrected chi connectivity index (χ0v) is 22.1. The van der Waals surface area contributed by atoms with Crippen molar-refractivity contribution < 1.29 is 9.63 Å². The number of hydroxylamine groups is 1. The number of pyridine rings is 1. The van der Waals surface area contributed by atoms with Gasteiger partial charge in [-0.3, -0.25) is 14.6 Å². The first-order valence-corrected chi connectivity index (χ1v) is 14.7. The summed E-state index contributed by atoms with van der Waals surface area (Å²) in [7, 11) is 0. The van der Waals surface area contributed by atoms with Crippen LogP contribution in [0.15, 0.2) is 17.0 Å². The topological polar surface area (TPSA) is 99.3 Å². The molecule has 1 aromatic rings. The maximum Gasteiger partial charge on any atom is 0.253 e. The van der Waals surface area contributed by atoms with E-state index in [2.05, 4.69) is 38.9 Å². The third-order valence-corrected chi connectivity index (χ3v) is 8.30. The van der Waals surface area contributed by atoms with Gasteiger partial charge in [0.15, 0.2) is 0 Å². The third-order valence-electron chi connectivity index (χ3n) is 7.33. The van der Waals surface area contributed by atoms with Crippen LogP contribution in [0.3, 0.4) is 0 Å². The van der Waals surface area contributed by atoms with E-state index in [1.807, 2.05) is 6.92 Å². The monoisotopic (exact) mass is 504 g/mol. The Bertz CT molecular complexity index is 749. The second-order valence-corrected chi connectivity index (χ2v) is 11.2. The van der Waals surface area contributed by atoms with Crippen LogP contribution in [-0.2, 0) is 22.7 Å². The Morgan fingerprint density at radius 3 is 1.94 bits per heavy atom. The van der Waals surface area contributed by atoms with Crippen LogP contribution in [0.1, 0.15) is 76.1 Å². The molecule has 2 heterocycles. The van der Waals surface area contributed by atoms with E-state index in [1.165, 1.54) is 51.4 Å². The second-order valence-electron chi connectivity index (χ2n) is 10.1. The molecular formula is C26H44N6O2S. The Balaban J connectivity index is 1.47. The average molecular weight is 505 g/mol. The van der Waals surface area contributed by atoms with Crippen LogP contribution in [0.25, 0.3) is 0 Å². The van der Waals surface area contributed by atoms with Crippen molar-refractivity contribution in [2.45, 2.75) is 107 Å². The van der Waals surface area contributed by atoms with Gasteiger partial charge in [-0.05, 0) is 44.2 Å². The molecule has 35 heavy (non-hydrogen) atoms. The minimum Gasteiger partial charge on any atom is -0.311 e. The fourth-order valence-electron chi connectivity index (χ4n) is 5.52. The summed E-state index contributed by atoms with van der Waals surface area (Å²) in [6, 6.07) is 6.24. The zero-order valence-electron chi connectivity index (χ0n) is 21.2. The molecule has 0 radical (unpaired) electrons. The van der Waals surface area contributed by atoms with E-state index in [0.717, 1.165) is 48.9 Å². The summed E-state index contributed by atoms with van der Waals surface area (Å²) in [5.74, 6) is 0.224. The quantitative estimate of drug-likeness (QED) is 0.229. The maximum absolute atomic E-state index is 12.2. The fraction of sp³-hybridized carbons (Fsp3) is 0.769. The van der Waals surface area contributed by atoms with E-state index in [1.54, 1.807) is 11.8 Å². The number of aromatic nitrogens is 1. The van der Waals surface area contributed by atoms with Gasteiger partial charge in [0.05, 0.1) is 23.7 Å². The van der Waals surface area contributed by atoms with Crippen molar-refractivity contribution in [1.29, 1.82) is 0 Å². The van der Waals surface area contributed by atoms with Gasteiger partial charge in [-0.1, -0.05) is 32.6 Å². The molecule has 0 spiro atoms. The largest absolute Gasteiger partial charge is 0.311 e. The molecule has 3 aliphatic rings. The summed E-state index contributed by atoms with van der Waals surface area (Å²) >= 11 is 1.55. The number of rotatable bonds is 6. The highest BCUT2D eigenvalue weighted by atomic mass is 32.2. The number of nitrogens with zero attached hydrogens (tertiary/aromatic N) is 1. The van der Waals surface area contributed by atoms with Crippen LogP contribution < -0.4 is 26.7 Å². The number of nitrogens with one attached hydrogen (secondary N) is 5. The summed E-state index contributed by atoms with van der Waals surface area (Å²) < 4.78 is 0. The number of amides is 1. The Labute approximate surface area is 214 Å². The van der Waals surface area contributed by atoms with E-state index in [0.29, 0.717) is 36.5 Å². The van der Waals surface area contributed by atoms with Gasteiger partial charge >= 0.3 is 0 Å². The van der Waals surface area contributed by atoms with E-state index in [9.17, 15) is 4.79 Å². The van der Waals surface area contributed by atoms with Gasteiger partial charge in [-0.25, -0.2) is 5.48 Å². The molecule has 1 aliphatic heterocycles. The standard InChI is InChI=1S/C26H44N6O2S/c1-2-13-34-32-26(33)18-35-21-14-19-16-29-24-9-5-3-7-22(24)27-11-12-28-23-8-4-6-10-25(23)30-17-20(15-21)31-19/h14-15,22-25,27-30H,2-13,16-18H2,1H3,(H,32,33)/t22-,23-,24-,25-/m1/s1. The maximum atomic E-state index is 12.2. The fourth-order valence-corrected chi connectivity index (χ4v) is 6.32. The lowest BCUT2D eigenvalue weighted by Crippen LogP contribution is -2.53. The lowest BCUT2D eigenvalue weighted by atomic mass is 9.89. The highest BCUT2D eigenvalue weighted by Crippen LogP contribution is 2.23. The van der Waals surface area contributed by atoms with Crippen molar-refractivity contribution in [3.63, 3.8) is 0 Å². The lowest BCUT2D eigenvalue weighted by Gasteiger charge is -2.34. The number of hydrogen-bond donors (Lipinski definition) is 5. The molecule has 2 bridgehead atoms. The van der Waals surface area contributed by atoms with Crippen LogP contribution in [0.2, 0.25) is 0 Å². The SMILES string of the molecule is CCCONC(=O)CSc1cc2nc(c1)CN[C@@H]1CCCC[C@H]1NCCN[C@@H]1CCCC[C@H]1NC2. The highest BCUT2D eigenvalue weighted by molar-refractivity contribution is 8.00. The Hall–Kier alpha value is -1.23. The molecular weight excluding hydrogens is 460 g/mol. The van der Waals surface area contributed by atoms with E-state index >= 15 is 0 Å². The van der Waals surface area contributed by atoms with Gasteiger partial charge in [-0.15, -0.1) is 11.8 Å². The molecule has 0 saturated heterocycles. The molecule has 2 aliphatic carbocycles. The predicted molar refractivity (Wildman–Crippen MR) is 141 cm³/mol. The number of thioether (sulfide) groups is 1. The minimum atomic E-state index is -0.106. The summed E-state index contributed by atoms with van der Waals surface area (Å²) in [4.78, 5) is 23.4. The second kappa shape index (κ2) is 14.5. The minimum absolute atomic E-state index is 0.106. The third kappa shape index (κ3) is 8.68. The highest BCUT2D eigenvalue weighted by Gasteiger charge is 2.27. The normalized spacial score (nSPS) is 28.1. The molecule has 0 unspecified atom stereocenters. The summed E-state index contributed by atoms with van der Waals surface area (Å²) in [5.41, 5.74) is 4.63. The summed E-state index contributed by atoms with van der Waals surface area (Å²) in [5, 5.41) is 15.3. The van der Waals surface area contributed by atoms with Gasteiger partial charge in [0, 0.05) is 55.2 Å². The predicted octanol–water partition coefficient (Wildman–Crippen LogP) is 2.63. The van der Waals surface area contributed by atoms with Gasteiger partial charge < -0.3 is 21.3 Å². The molecule has 4 atom stereocenters. The molecule has 2 fully saturated rings. The first-order valence-electron chi connectivity index (χ1n) is 13.7. The number of fused-ring (bicyclic) bond motifs is 4. The van der Waals surface area contributed by atoms with E-state index in [-0.39, 0.29) is 5.91 Å². The van der Waals surface area contributed by atoms with Gasteiger partial charge in [0.2, 0.25) is 0 Å². The van der Waals surface area contributed by atoms with Crippen LogP contribution in [0.4, 0.5) is 0 Å². The van der Waals surface area contributed by atoms with Crippen LogP contribution >= 0.6 is 11.8 Å². The first-order chi connectivity index (χ1) is 17.2. The van der Waals surface area contributed by atoms with Gasteiger partial charge in [0.1, 0.15) is 0 Å². The Morgan fingerprint density at radius 2 is 1.43 bits per heavy atom. The molecule has 1 amide bonds. The van der Waals surface area contributed by atoms with Crippen molar-refractivity contribution in [3.8, 4) is 0 Å². The van der Waals surface area contributed by atoms with Crippen molar-refractivity contribution >= 4 is 17.7 Å². The number of carbonyl (C=O) groups is 1. The molecule has 196 valence electrons. The molecule has 8 nitrogen and oxygen atoms in total. The van der Waals surface area contributed by atoms with Crippen molar-refractivity contribution in [3.05, 3.63) is 23.5 Å². The Kier molecular flexibility index (Phi) is 11.1. The van der Waals surface area contributed by atoms with E-state index < -0.39 is 0 Å². The summed E-state index contributed by atoms with van der Waals surface area (Å²) in [6.45, 7) is 6.09. The molecule has 5 N–H and O–H groups in total. The zero-order chi connectivity index (χ0) is 24.3. The molecule has 4 rings (SSSR count). The summed E-state index contributed by atoms with van der Waals surface area (Å²) in [6.07, 6.45) is 10.9.